The minimum absolute atomic E-state index is 0.0316. The Balaban J connectivity index is 2.20. The van der Waals surface area contributed by atoms with E-state index in [9.17, 15) is 26.3 Å². The lowest BCUT2D eigenvalue weighted by Gasteiger charge is -2.12. The number of aromatic nitrogens is 3. The minimum Gasteiger partial charge on any atom is -0.435 e. The molecule has 0 spiro atoms. The predicted octanol–water partition coefficient (Wildman–Crippen LogP) is 4.77. The highest BCUT2D eigenvalue weighted by atomic mass is 19.4. The molecule has 0 saturated heterocycles. The molecule has 0 radical (unpaired) electrons. The molecule has 3 aromatic rings. The Morgan fingerprint density at radius 2 is 1.68 bits per heavy atom. The van der Waals surface area contributed by atoms with Crippen molar-refractivity contribution in [3.05, 3.63) is 53.5 Å². The molecule has 0 atom stereocenters. The van der Waals surface area contributed by atoms with E-state index in [0.29, 0.717) is 12.1 Å². The number of nitrogens with zero attached hydrogens (tertiary/aromatic N) is 3. The molecular formula is C17H8F6N4O. The molecule has 1 N–H and O–H groups in total. The summed E-state index contributed by atoms with van der Waals surface area (Å²) in [5.41, 5.74) is -1.59. The van der Waals surface area contributed by atoms with E-state index in [0.717, 1.165) is 18.2 Å². The van der Waals surface area contributed by atoms with Crippen LogP contribution in [0.25, 0.3) is 22.4 Å². The first-order valence-corrected chi connectivity index (χ1v) is 7.47. The van der Waals surface area contributed by atoms with Crippen molar-refractivity contribution in [2.45, 2.75) is 12.8 Å². The molecule has 0 amide bonds. The second kappa shape index (κ2) is 7.22. The summed E-state index contributed by atoms with van der Waals surface area (Å²) in [6.45, 7) is -3.21. The molecule has 1 heterocycles. The number of hydrogen-bond donors (Lipinski definition) is 1. The van der Waals surface area contributed by atoms with Gasteiger partial charge < -0.3 is 4.74 Å². The van der Waals surface area contributed by atoms with Gasteiger partial charge in [-0.05, 0) is 47.5 Å². The lowest BCUT2D eigenvalue weighted by atomic mass is 9.98. The van der Waals surface area contributed by atoms with Gasteiger partial charge in [-0.1, -0.05) is 5.21 Å². The second-order valence-electron chi connectivity index (χ2n) is 5.50. The summed E-state index contributed by atoms with van der Waals surface area (Å²) in [6, 6.07) is 6.94. The maximum absolute atomic E-state index is 13.7. The van der Waals surface area contributed by atoms with Crippen molar-refractivity contribution >= 4 is 0 Å². The number of aromatic amines is 1. The Bertz CT molecular complexity index is 1050. The Kier molecular flexibility index (Phi) is 4.96. The number of alkyl halides is 5. The number of nitrogens with one attached hydrogen (secondary N) is 1. The van der Waals surface area contributed by atoms with Crippen LogP contribution in [0, 0.1) is 17.1 Å². The first-order chi connectivity index (χ1) is 13.2. The number of ether oxygens (including phenoxy) is 1. The summed E-state index contributed by atoms with van der Waals surface area (Å²) in [5, 5.41) is 18.4. The molecule has 0 aliphatic heterocycles. The van der Waals surface area contributed by atoms with Gasteiger partial charge in [-0.3, -0.25) is 0 Å². The van der Waals surface area contributed by atoms with Gasteiger partial charge in [0.25, 0.3) is 0 Å². The molecule has 0 bridgehead atoms. The smallest absolute Gasteiger partial charge is 0.416 e. The number of hydrogen-bond acceptors (Lipinski definition) is 4. The summed E-state index contributed by atoms with van der Waals surface area (Å²) < 4.78 is 82.2. The van der Waals surface area contributed by atoms with Crippen LogP contribution in [0.2, 0.25) is 0 Å². The number of benzene rings is 2. The van der Waals surface area contributed by atoms with Crippen LogP contribution in [0.5, 0.6) is 5.75 Å². The van der Waals surface area contributed by atoms with Crippen molar-refractivity contribution in [1.82, 2.24) is 15.4 Å². The van der Waals surface area contributed by atoms with Crippen molar-refractivity contribution < 1.29 is 31.1 Å². The van der Waals surface area contributed by atoms with E-state index in [1.807, 2.05) is 0 Å². The third-order valence-electron chi connectivity index (χ3n) is 3.62. The number of H-pyrrole nitrogens is 1. The van der Waals surface area contributed by atoms with Crippen molar-refractivity contribution in [3.8, 4) is 34.2 Å². The van der Waals surface area contributed by atoms with E-state index in [1.165, 1.54) is 6.07 Å². The molecule has 0 fully saturated rings. The quantitative estimate of drug-likeness (QED) is 0.643. The van der Waals surface area contributed by atoms with E-state index in [4.69, 9.17) is 5.26 Å². The largest absolute Gasteiger partial charge is 0.435 e. The number of halogens is 6. The highest BCUT2D eigenvalue weighted by Crippen LogP contribution is 2.36. The molecule has 3 rings (SSSR count). The van der Waals surface area contributed by atoms with Gasteiger partial charge in [0.15, 0.2) is 5.69 Å². The van der Waals surface area contributed by atoms with Crippen molar-refractivity contribution in [2.24, 2.45) is 0 Å². The zero-order chi connectivity index (χ0) is 20.5. The van der Waals surface area contributed by atoms with Gasteiger partial charge in [0.05, 0.1) is 5.56 Å². The average Bonchev–Trinajstić information content (AvgIpc) is 3.08. The maximum Gasteiger partial charge on any atom is 0.416 e. The monoisotopic (exact) mass is 398 g/mol. The fourth-order valence-electron chi connectivity index (χ4n) is 2.50. The van der Waals surface area contributed by atoms with E-state index < -0.39 is 29.9 Å². The topological polar surface area (TPSA) is 74.6 Å². The van der Waals surface area contributed by atoms with Gasteiger partial charge in [-0.2, -0.15) is 27.2 Å². The molecule has 0 unspecified atom stereocenters. The molecule has 1 aromatic heterocycles. The lowest BCUT2D eigenvalue weighted by molar-refractivity contribution is -0.137. The van der Waals surface area contributed by atoms with Crippen molar-refractivity contribution in [2.75, 3.05) is 0 Å². The fraction of sp³-hybridized carbons (Fsp3) is 0.118. The van der Waals surface area contributed by atoms with Gasteiger partial charge in [0.2, 0.25) is 0 Å². The number of rotatable bonds is 4. The highest BCUT2D eigenvalue weighted by Gasteiger charge is 2.31. The van der Waals surface area contributed by atoms with Gasteiger partial charge in [-0.25, -0.2) is 9.49 Å². The van der Waals surface area contributed by atoms with E-state index in [2.05, 4.69) is 20.1 Å². The molecule has 0 aliphatic carbocycles. The van der Waals surface area contributed by atoms with Crippen molar-refractivity contribution in [1.29, 1.82) is 5.26 Å². The number of nitriles is 1. The highest BCUT2D eigenvalue weighted by molar-refractivity contribution is 5.75. The maximum atomic E-state index is 13.7. The van der Waals surface area contributed by atoms with Crippen LogP contribution in [0.4, 0.5) is 26.3 Å². The normalized spacial score (nSPS) is 11.5. The van der Waals surface area contributed by atoms with Crippen LogP contribution in [0.1, 0.15) is 11.3 Å². The standard InChI is InChI=1S/C17H8F6N4O/c18-12-3-9(2-11(6-12)17(21,22)23)8-1-10(5-13(4-8)28-16(19)20)15-14(7-24)25-27-26-15/h1-6,16H,(H,25,26,27). The molecule has 11 heteroatoms. The summed E-state index contributed by atoms with van der Waals surface area (Å²) in [5.74, 6) is -1.57. The molecule has 144 valence electrons. The zero-order valence-electron chi connectivity index (χ0n) is 13.6. The van der Waals surface area contributed by atoms with Crippen LogP contribution in [0.3, 0.4) is 0 Å². The van der Waals surface area contributed by atoms with Crippen LogP contribution < -0.4 is 4.74 Å². The zero-order valence-corrected chi connectivity index (χ0v) is 13.6. The van der Waals surface area contributed by atoms with Gasteiger partial charge in [0.1, 0.15) is 23.3 Å². The van der Waals surface area contributed by atoms with Gasteiger partial charge in [0, 0.05) is 5.56 Å². The molecule has 0 aliphatic rings. The Labute approximate surface area is 153 Å². The molecular weight excluding hydrogens is 390 g/mol. The van der Waals surface area contributed by atoms with Crippen LogP contribution >= 0.6 is 0 Å². The summed E-state index contributed by atoms with van der Waals surface area (Å²) in [4.78, 5) is 0. The average molecular weight is 398 g/mol. The Hall–Kier alpha value is -3.55. The third kappa shape index (κ3) is 4.06. The SMILES string of the molecule is N#Cc1[nH]nnc1-c1cc(OC(F)F)cc(-c2cc(F)cc(C(F)(F)F)c2)c1. The minimum atomic E-state index is -4.81. The van der Waals surface area contributed by atoms with Crippen LogP contribution in [-0.2, 0) is 6.18 Å². The van der Waals surface area contributed by atoms with Crippen LogP contribution in [-0.4, -0.2) is 22.0 Å². The van der Waals surface area contributed by atoms with Crippen molar-refractivity contribution in [3.63, 3.8) is 0 Å². The lowest BCUT2D eigenvalue weighted by Crippen LogP contribution is -2.06. The molecule has 5 nitrogen and oxygen atoms in total. The summed E-state index contributed by atoms with van der Waals surface area (Å²) in [6.07, 6.45) is -4.81. The molecule has 0 saturated carbocycles. The molecule has 28 heavy (non-hydrogen) atoms. The summed E-state index contributed by atoms with van der Waals surface area (Å²) in [7, 11) is 0. The van der Waals surface area contributed by atoms with Crippen LogP contribution in [0.15, 0.2) is 36.4 Å². The third-order valence-corrected chi connectivity index (χ3v) is 3.62. The Morgan fingerprint density at radius 3 is 2.32 bits per heavy atom. The van der Waals surface area contributed by atoms with E-state index in [1.54, 1.807) is 6.07 Å². The van der Waals surface area contributed by atoms with Gasteiger partial charge in [-0.15, -0.1) is 5.10 Å². The Morgan fingerprint density at radius 1 is 1.00 bits per heavy atom. The van der Waals surface area contributed by atoms with E-state index in [-0.39, 0.29) is 28.1 Å². The van der Waals surface area contributed by atoms with Gasteiger partial charge >= 0.3 is 12.8 Å². The summed E-state index contributed by atoms with van der Waals surface area (Å²) >= 11 is 0. The second-order valence-corrected chi connectivity index (χ2v) is 5.50. The van der Waals surface area contributed by atoms with E-state index >= 15 is 0 Å². The first kappa shape index (κ1) is 19.2. The molecule has 2 aromatic carbocycles. The first-order valence-electron chi connectivity index (χ1n) is 7.47. The fourth-order valence-corrected chi connectivity index (χ4v) is 2.50. The predicted molar refractivity (Wildman–Crippen MR) is 83.6 cm³/mol.